The predicted octanol–water partition coefficient (Wildman–Crippen LogP) is 18.5. The molecule has 0 rings (SSSR count). The lowest BCUT2D eigenvalue weighted by Crippen LogP contribution is -2.30. The summed E-state index contributed by atoms with van der Waals surface area (Å²) in [6.45, 7) is 6.39. The van der Waals surface area contributed by atoms with E-state index in [1.54, 1.807) is 0 Å². The van der Waals surface area contributed by atoms with Crippen molar-refractivity contribution in [1.29, 1.82) is 0 Å². The first kappa shape index (κ1) is 63.3. The summed E-state index contributed by atoms with van der Waals surface area (Å²) in [7, 11) is 0. The Morgan fingerprint density at radius 3 is 0.940 bits per heavy atom. The van der Waals surface area contributed by atoms with Crippen LogP contribution in [-0.2, 0) is 28.6 Å². The van der Waals surface area contributed by atoms with Crippen molar-refractivity contribution in [3.63, 3.8) is 0 Å². The fraction of sp³-hybridized carbons (Fsp3) is 0.689. The number of carbonyl (C=O) groups excluding carboxylic acids is 3. The molecule has 0 N–H and O–H groups in total. The predicted molar refractivity (Wildman–Crippen MR) is 288 cm³/mol. The second-order valence-electron chi connectivity index (χ2n) is 18.1. The summed E-state index contributed by atoms with van der Waals surface area (Å²) in [6.07, 6.45) is 73.0. The van der Waals surface area contributed by atoms with E-state index in [9.17, 15) is 14.4 Å². The molecule has 0 aliphatic carbocycles. The molecule has 0 aliphatic heterocycles. The number of carbonyl (C=O) groups is 3. The third-order valence-electron chi connectivity index (χ3n) is 11.6. The molecule has 0 aliphatic rings. The van der Waals surface area contributed by atoms with Gasteiger partial charge in [-0.05, 0) is 103 Å². The Hall–Kier alpha value is -3.67. The molecule has 0 amide bonds. The van der Waals surface area contributed by atoms with Gasteiger partial charge in [0.25, 0.3) is 0 Å². The molecule has 0 aromatic carbocycles. The quantitative estimate of drug-likeness (QED) is 0.0262. The Morgan fingerprint density at radius 1 is 0.313 bits per heavy atom. The number of hydrogen-bond donors (Lipinski definition) is 0. The molecule has 6 nitrogen and oxygen atoms in total. The topological polar surface area (TPSA) is 78.9 Å². The van der Waals surface area contributed by atoms with Crippen molar-refractivity contribution >= 4 is 17.9 Å². The first-order valence-electron chi connectivity index (χ1n) is 27.7. The van der Waals surface area contributed by atoms with Crippen molar-refractivity contribution in [2.45, 2.75) is 258 Å². The van der Waals surface area contributed by atoms with Gasteiger partial charge < -0.3 is 14.2 Å². The van der Waals surface area contributed by atoms with Crippen molar-refractivity contribution in [3.8, 4) is 0 Å². The van der Waals surface area contributed by atoms with Crippen molar-refractivity contribution in [3.05, 3.63) is 97.2 Å². The van der Waals surface area contributed by atoms with E-state index >= 15 is 0 Å². The molecule has 0 spiro atoms. The Morgan fingerprint density at radius 2 is 0.582 bits per heavy atom. The maximum absolute atomic E-state index is 12.8. The summed E-state index contributed by atoms with van der Waals surface area (Å²) >= 11 is 0. The van der Waals surface area contributed by atoms with Crippen LogP contribution in [0.5, 0.6) is 0 Å². The standard InChI is InChI=1S/C61H102O6/c1-4-7-10-13-15-17-19-21-23-25-27-29-30-32-33-35-37-39-41-43-45-48-51-54-60(63)66-57-58(56-65-59(62)53-50-47-12-9-6-3)67-61(64)55-52-49-46-44-42-40-38-36-34-31-28-26-24-22-20-18-16-14-11-8-5-2/h8,11,16,18-19,21-22,24-25,27-28,31,36,38,42,44,58H,4-7,9-10,12-15,17,20,23,26,29-30,32-35,37,39-41,43,45-57H2,1-3H3/b11-8-,18-16-,21-19-,24-22-,27-25-,31-28-,38-36-,44-42-. The average molecular weight is 931 g/mol. The molecule has 0 aromatic rings. The summed E-state index contributed by atoms with van der Waals surface area (Å²) in [4.78, 5) is 37.8. The van der Waals surface area contributed by atoms with Gasteiger partial charge in [-0.2, -0.15) is 0 Å². The van der Waals surface area contributed by atoms with E-state index in [1.165, 1.54) is 96.3 Å². The summed E-state index contributed by atoms with van der Waals surface area (Å²) in [5, 5.41) is 0. The van der Waals surface area contributed by atoms with Crippen molar-refractivity contribution in [2.75, 3.05) is 13.2 Å². The van der Waals surface area contributed by atoms with Crippen LogP contribution in [0.2, 0.25) is 0 Å². The monoisotopic (exact) mass is 931 g/mol. The molecule has 0 saturated carbocycles. The number of rotatable bonds is 49. The van der Waals surface area contributed by atoms with Crippen LogP contribution in [0.15, 0.2) is 97.2 Å². The van der Waals surface area contributed by atoms with Gasteiger partial charge in [0.15, 0.2) is 6.10 Å². The van der Waals surface area contributed by atoms with E-state index in [1.807, 2.05) is 0 Å². The van der Waals surface area contributed by atoms with Gasteiger partial charge in [0, 0.05) is 19.3 Å². The first-order chi connectivity index (χ1) is 33.0. The average Bonchev–Trinajstić information content (AvgIpc) is 3.33. The summed E-state index contributed by atoms with van der Waals surface area (Å²) in [5.41, 5.74) is 0. The highest BCUT2D eigenvalue weighted by Gasteiger charge is 2.19. The van der Waals surface area contributed by atoms with E-state index in [2.05, 4.69) is 118 Å². The minimum Gasteiger partial charge on any atom is -0.462 e. The van der Waals surface area contributed by atoms with Crippen LogP contribution in [0.4, 0.5) is 0 Å². The Kier molecular flexibility index (Phi) is 51.9. The summed E-state index contributed by atoms with van der Waals surface area (Å²) < 4.78 is 16.7. The second-order valence-corrected chi connectivity index (χ2v) is 18.1. The van der Waals surface area contributed by atoms with Gasteiger partial charge in [0.2, 0.25) is 0 Å². The maximum Gasteiger partial charge on any atom is 0.306 e. The highest BCUT2D eigenvalue weighted by molar-refractivity contribution is 5.71. The zero-order valence-corrected chi connectivity index (χ0v) is 43.6. The number of esters is 3. The summed E-state index contributed by atoms with van der Waals surface area (Å²) in [5.74, 6) is -0.957. The number of ether oxygens (including phenoxy) is 3. The van der Waals surface area contributed by atoms with Gasteiger partial charge in [-0.1, -0.05) is 227 Å². The second kappa shape index (κ2) is 54.9. The molecule has 0 aromatic heterocycles. The first-order valence-corrected chi connectivity index (χ1v) is 27.7. The van der Waals surface area contributed by atoms with Crippen LogP contribution in [0.25, 0.3) is 0 Å². The molecule has 0 saturated heterocycles. The summed E-state index contributed by atoms with van der Waals surface area (Å²) in [6, 6.07) is 0. The molecule has 0 radical (unpaired) electrons. The highest BCUT2D eigenvalue weighted by Crippen LogP contribution is 2.14. The molecule has 6 heteroatoms. The molecule has 0 bridgehead atoms. The zero-order valence-electron chi connectivity index (χ0n) is 43.6. The number of allylic oxidation sites excluding steroid dienone is 16. The number of unbranched alkanes of at least 4 members (excludes halogenated alkanes) is 22. The molecular weight excluding hydrogens is 829 g/mol. The fourth-order valence-electron chi connectivity index (χ4n) is 7.42. The SMILES string of the molecule is CC/C=C\C/C=C\C/C=C\C/C=C\C/C=C\C/C=C\CCCCC(=O)OC(COC(=O)CCCCCCC)COC(=O)CCCCCCCCCCCCC/C=C\C/C=C\CCCCCCC. The van der Waals surface area contributed by atoms with Gasteiger partial charge in [-0.15, -0.1) is 0 Å². The molecular formula is C61H102O6. The lowest BCUT2D eigenvalue weighted by Gasteiger charge is -2.18. The van der Waals surface area contributed by atoms with E-state index in [4.69, 9.17) is 14.2 Å². The van der Waals surface area contributed by atoms with E-state index in [0.717, 1.165) is 109 Å². The van der Waals surface area contributed by atoms with Gasteiger partial charge >= 0.3 is 17.9 Å². The van der Waals surface area contributed by atoms with Gasteiger partial charge in [0.05, 0.1) is 0 Å². The van der Waals surface area contributed by atoms with E-state index in [-0.39, 0.29) is 37.5 Å². The minimum atomic E-state index is -0.798. The fourth-order valence-corrected chi connectivity index (χ4v) is 7.42. The van der Waals surface area contributed by atoms with Crippen molar-refractivity contribution in [2.24, 2.45) is 0 Å². The van der Waals surface area contributed by atoms with Crippen LogP contribution >= 0.6 is 0 Å². The molecule has 0 heterocycles. The Bertz CT molecular complexity index is 1350. The zero-order chi connectivity index (χ0) is 48.6. The molecule has 0 fully saturated rings. The van der Waals surface area contributed by atoms with Crippen LogP contribution < -0.4 is 0 Å². The van der Waals surface area contributed by atoms with Gasteiger partial charge in [-0.25, -0.2) is 0 Å². The van der Waals surface area contributed by atoms with E-state index in [0.29, 0.717) is 19.3 Å². The highest BCUT2D eigenvalue weighted by atomic mass is 16.6. The number of hydrogen-bond acceptors (Lipinski definition) is 6. The van der Waals surface area contributed by atoms with Crippen LogP contribution in [-0.4, -0.2) is 37.2 Å². The van der Waals surface area contributed by atoms with Gasteiger partial charge in [0.1, 0.15) is 13.2 Å². The van der Waals surface area contributed by atoms with Crippen molar-refractivity contribution < 1.29 is 28.6 Å². The van der Waals surface area contributed by atoms with Crippen LogP contribution in [0.3, 0.4) is 0 Å². The molecule has 67 heavy (non-hydrogen) atoms. The van der Waals surface area contributed by atoms with E-state index < -0.39 is 6.10 Å². The van der Waals surface area contributed by atoms with Crippen LogP contribution in [0.1, 0.15) is 252 Å². The normalized spacial score (nSPS) is 12.8. The smallest absolute Gasteiger partial charge is 0.306 e. The molecule has 382 valence electrons. The molecule has 1 unspecified atom stereocenters. The van der Waals surface area contributed by atoms with Crippen molar-refractivity contribution in [1.82, 2.24) is 0 Å². The largest absolute Gasteiger partial charge is 0.462 e. The third kappa shape index (κ3) is 53.2. The molecule has 1 atom stereocenters. The third-order valence-corrected chi connectivity index (χ3v) is 11.6. The Balaban J connectivity index is 4.21. The lowest BCUT2D eigenvalue weighted by molar-refractivity contribution is -0.167. The van der Waals surface area contributed by atoms with Crippen LogP contribution in [0, 0.1) is 0 Å². The lowest BCUT2D eigenvalue weighted by atomic mass is 10.0. The Labute approximate surface area is 413 Å². The van der Waals surface area contributed by atoms with Gasteiger partial charge in [-0.3, -0.25) is 14.4 Å². The minimum absolute atomic E-state index is 0.0967. The maximum atomic E-state index is 12.8.